The first-order valence-electron chi connectivity index (χ1n) is 8.18. The summed E-state index contributed by atoms with van der Waals surface area (Å²) in [5, 5.41) is 4.95. The van der Waals surface area contributed by atoms with Gasteiger partial charge in [0.05, 0.1) is 18.3 Å². The van der Waals surface area contributed by atoms with Gasteiger partial charge >= 0.3 is 0 Å². The largest absolute Gasteiger partial charge is 0.378 e. The molecule has 0 saturated carbocycles. The van der Waals surface area contributed by atoms with E-state index in [1.807, 2.05) is 22.9 Å². The minimum atomic E-state index is -0.155. The van der Waals surface area contributed by atoms with Gasteiger partial charge in [0.1, 0.15) is 11.2 Å². The van der Waals surface area contributed by atoms with Crippen molar-refractivity contribution in [2.45, 2.75) is 38.3 Å². The van der Waals surface area contributed by atoms with Crippen molar-refractivity contribution in [3.8, 4) is 0 Å². The molecule has 0 bridgehead atoms. The lowest BCUT2D eigenvalue weighted by Gasteiger charge is -2.27. The minimum absolute atomic E-state index is 0.155. The maximum atomic E-state index is 12.4. The van der Waals surface area contributed by atoms with Crippen LogP contribution in [0.2, 0.25) is 0 Å². The number of pyridine rings is 1. The van der Waals surface area contributed by atoms with Crippen LogP contribution in [0.4, 0.5) is 0 Å². The molecule has 0 radical (unpaired) electrons. The van der Waals surface area contributed by atoms with E-state index in [4.69, 9.17) is 4.74 Å². The fourth-order valence-electron chi connectivity index (χ4n) is 3.20. The zero-order chi connectivity index (χ0) is 16.5. The first-order chi connectivity index (χ1) is 11.7. The zero-order valence-electron chi connectivity index (χ0n) is 13.5. The number of ether oxygens (including phenoxy) is 1. The smallest absolute Gasteiger partial charge is 0.262 e. The highest BCUT2D eigenvalue weighted by Gasteiger charge is 2.24. The van der Waals surface area contributed by atoms with Crippen LogP contribution in [0.25, 0.3) is 11.0 Å². The first kappa shape index (κ1) is 15.0. The molecule has 7 nitrogen and oxygen atoms in total. The van der Waals surface area contributed by atoms with Gasteiger partial charge in [-0.25, -0.2) is 9.67 Å². The summed E-state index contributed by atoms with van der Waals surface area (Å²) < 4.78 is 7.49. The molecule has 7 heteroatoms. The molecule has 1 fully saturated rings. The van der Waals surface area contributed by atoms with Crippen molar-refractivity contribution >= 4 is 11.0 Å². The Labute approximate surface area is 138 Å². The minimum Gasteiger partial charge on any atom is -0.378 e. The molecule has 4 rings (SSSR count). The molecule has 3 aromatic heterocycles. The van der Waals surface area contributed by atoms with Gasteiger partial charge in [-0.15, -0.1) is 0 Å². The van der Waals surface area contributed by atoms with Crippen molar-refractivity contribution in [2.24, 2.45) is 0 Å². The summed E-state index contributed by atoms with van der Waals surface area (Å²) in [6.45, 7) is 2.77. The quantitative estimate of drug-likeness (QED) is 0.794. The second-order valence-corrected chi connectivity index (χ2v) is 6.20. The summed E-state index contributed by atoms with van der Waals surface area (Å²) in [6.07, 6.45) is 5.77. The topological polar surface area (TPSA) is 85.7 Å². The standard InChI is InChI=1S/C17H19N5O2/c1-11-8-13(5-7-24-11)22-16-14(10-19-22)17(23)21-15(20-16)9-12-4-2-3-6-18-12/h2-4,6,10-11,13H,5,7-9H2,1H3,(H,20,21,23)/t11-,13?/m0/s1. The summed E-state index contributed by atoms with van der Waals surface area (Å²) in [7, 11) is 0. The molecular weight excluding hydrogens is 306 g/mol. The van der Waals surface area contributed by atoms with Crippen molar-refractivity contribution in [3.05, 3.63) is 52.5 Å². The molecule has 1 saturated heterocycles. The summed E-state index contributed by atoms with van der Waals surface area (Å²) in [5.74, 6) is 0.605. The van der Waals surface area contributed by atoms with E-state index in [2.05, 4.69) is 27.0 Å². The molecule has 0 aliphatic carbocycles. The fraction of sp³-hybridized carbons (Fsp3) is 0.412. The number of hydrogen-bond acceptors (Lipinski definition) is 5. The molecule has 124 valence electrons. The molecule has 1 aliphatic rings. The number of aromatic amines is 1. The van der Waals surface area contributed by atoms with Crippen LogP contribution in [0.1, 0.15) is 37.3 Å². The lowest BCUT2D eigenvalue weighted by Crippen LogP contribution is -2.26. The summed E-state index contributed by atoms with van der Waals surface area (Å²) in [5.41, 5.74) is 1.35. The highest BCUT2D eigenvalue weighted by Crippen LogP contribution is 2.26. The Morgan fingerprint density at radius 1 is 1.42 bits per heavy atom. The Hall–Kier alpha value is -2.54. The molecule has 3 aromatic rings. The normalized spacial score (nSPS) is 21.2. The Morgan fingerprint density at radius 3 is 3.12 bits per heavy atom. The number of fused-ring (bicyclic) bond motifs is 1. The van der Waals surface area contributed by atoms with E-state index in [-0.39, 0.29) is 17.7 Å². The van der Waals surface area contributed by atoms with Crippen molar-refractivity contribution in [3.63, 3.8) is 0 Å². The number of nitrogens with zero attached hydrogens (tertiary/aromatic N) is 4. The maximum absolute atomic E-state index is 12.4. The molecule has 0 amide bonds. The molecule has 0 aromatic carbocycles. The number of aromatic nitrogens is 5. The second-order valence-electron chi connectivity index (χ2n) is 6.20. The Kier molecular flexibility index (Phi) is 3.86. The van der Waals surface area contributed by atoms with Gasteiger partial charge in [-0.3, -0.25) is 9.78 Å². The third-order valence-corrected chi connectivity index (χ3v) is 4.39. The van der Waals surface area contributed by atoms with Gasteiger partial charge in [0.15, 0.2) is 5.65 Å². The van der Waals surface area contributed by atoms with Gasteiger partial charge in [-0.05, 0) is 31.9 Å². The fourth-order valence-corrected chi connectivity index (χ4v) is 3.20. The van der Waals surface area contributed by atoms with E-state index >= 15 is 0 Å². The van der Waals surface area contributed by atoms with E-state index in [9.17, 15) is 4.79 Å². The summed E-state index contributed by atoms with van der Waals surface area (Å²) in [6, 6.07) is 5.92. The van der Waals surface area contributed by atoms with Gasteiger partial charge in [0.2, 0.25) is 0 Å². The van der Waals surface area contributed by atoms with Crippen molar-refractivity contribution in [1.82, 2.24) is 24.7 Å². The molecule has 1 N–H and O–H groups in total. The Bertz CT molecular complexity index is 902. The van der Waals surface area contributed by atoms with E-state index in [0.29, 0.717) is 29.9 Å². The summed E-state index contributed by atoms with van der Waals surface area (Å²) >= 11 is 0. The van der Waals surface area contributed by atoms with Crippen molar-refractivity contribution < 1.29 is 4.74 Å². The van der Waals surface area contributed by atoms with Crippen LogP contribution in [-0.4, -0.2) is 37.4 Å². The van der Waals surface area contributed by atoms with Gasteiger partial charge in [0, 0.05) is 24.9 Å². The molecule has 24 heavy (non-hydrogen) atoms. The van der Waals surface area contributed by atoms with Crippen LogP contribution < -0.4 is 5.56 Å². The lowest BCUT2D eigenvalue weighted by molar-refractivity contribution is 0.00431. The SMILES string of the molecule is C[C@H]1CC(n2ncc3c(=O)[nH]c(Cc4ccccn4)nc32)CCO1. The van der Waals surface area contributed by atoms with Crippen LogP contribution >= 0.6 is 0 Å². The Balaban J connectivity index is 1.73. The van der Waals surface area contributed by atoms with Crippen LogP contribution in [0.3, 0.4) is 0 Å². The van der Waals surface area contributed by atoms with E-state index < -0.39 is 0 Å². The predicted octanol–water partition coefficient (Wildman–Crippen LogP) is 1.85. The number of hydrogen-bond donors (Lipinski definition) is 1. The van der Waals surface area contributed by atoms with Crippen LogP contribution in [-0.2, 0) is 11.2 Å². The molecule has 1 aliphatic heterocycles. The summed E-state index contributed by atoms with van der Waals surface area (Å²) in [4.78, 5) is 24.1. The average molecular weight is 325 g/mol. The molecule has 1 unspecified atom stereocenters. The second kappa shape index (κ2) is 6.16. The van der Waals surface area contributed by atoms with Gasteiger partial charge in [0.25, 0.3) is 5.56 Å². The van der Waals surface area contributed by atoms with Gasteiger partial charge < -0.3 is 9.72 Å². The number of rotatable bonds is 3. The maximum Gasteiger partial charge on any atom is 0.262 e. The monoisotopic (exact) mass is 325 g/mol. The molecule has 2 atom stereocenters. The molecule has 0 spiro atoms. The van der Waals surface area contributed by atoms with E-state index in [1.165, 1.54) is 0 Å². The number of H-pyrrole nitrogens is 1. The predicted molar refractivity (Wildman–Crippen MR) is 88.9 cm³/mol. The molecule has 4 heterocycles. The number of nitrogens with one attached hydrogen (secondary N) is 1. The Morgan fingerprint density at radius 2 is 2.33 bits per heavy atom. The van der Waals surface area contributed by atoms with Crippen molar-refractivity contribution in [1.29, 1.82) is 0 Å². The third kappa shape index (κ3) is 2.82. The van der Waals surface area contributed by atoms with Crippen LogP contribution in [0, 0.1) is 0 Å². The zero-order valence-corrected chi connectivity index (χ0v) is 13.5. The van der Waals surface area contributed by atoms with Gasteiger partial charge in [-0.2, -0.15) is 5.10 Å². The van der Waals surface area contributed by atoms with E-state index in [1.54, 1.807) is 12.4 Å². The average Bonchev–Trinajstić information content (AvgIpc) is 3.00. The lowest BCUT2D eigenvalue weighted by atomic mass is 10.0. The van der Waals surface area contributed by atoms with Crippen molar-refractivity contribution in [2.75, 3.05) is 6.61 Å². The first-order valence-corrected chi connectivity index (χ1v) is 8.18. The van der Waals surface area contributed by atoms with E-state index in [0.717, 1.165) is 18.5 Å². The van der Waals surface area contributed by atoms with Crippen LogP contribution in [0.15, 0.2) is 35.4 Å². The third-order valence-electron chi connectivity index (χ3n) is 4.39. The highest BCUT2D eigenvalue weighted by molar-refractivity contribution is 5.73. The highest BCUT2D eigenvalue weighted by atomic mass is 16.5. The molecular formula is C17H19N5O2. The van der Waals surface area contributed by atoms with Crippen LogP contribution in [0.5, 0.6) is 0 Å². The van der Waals surface area contributed by atoms with Gasteiger partial charge in [-0.1, -0.05) is 6.07 Å².